The zero-order valence-electron chi connectivity index (χ0n) is 8.86. The van der Waals surface area contributed by atoms with Crippen LogP contribution >= 0.6 is 0 Å². The summed E-state index contributed by atoms with van der Waals surface area (Å²) in [7, 11) is -1.66. The van der Waals surface area contributed by atoms with Gasteiger partial charge in [-0.3, -0.25) is 0 Å². The summed E-state index contributed by atoms with van der Waals surface area (Å²) in [4.78, 5) is 0. The van der Waals surface area contributed by atoms with E-state index in [-0.39, 0.29) is 5.56 Å². The predicted molar refractivity (Wildman–Crippen MR) is 58.2 cm³/mol. The van der Waals surface area contributed by atoms with Crippen molar-refractivity contribution in [2.45, 2.75) is 19.6 Å². The van der Waals surface area contributed by atoms with Crippen molar-refractivity contribution in [1.82, 2.24) is 0 Å². The Kier molecular flexibility index (Phi) is 3.15. The van der Waals surface area contributed by atoms with E-state index in [0.717, 1.165) is 12.1 Å². The fraction of sp³-hybridized carbons (Fsp3) is 0.273. The number of aromatic hydroxyl groups is 1. The Balaban J connectivity index is 3.20. The molecular weight excluding hydrogens is 214 g/mol. The van der Waals surface area contributed by atoms with Gasteiger partial charge in [-0.1, -0.05) is 25.6 Å². The SMILES string of the molecule is C[Si](C)(C)C#Cc1c(F)cc(O)cc1F. The molecule has 0 unspecified atom stereocenters. The van der Waals surface area contributed by atoms with Crippen LogP contribution in [0, 0.1) is 23.1 Å². The number of hydrogen-bond acceptors (Lipinski definition) is 1. The Morgan fingerprint density at radius 1 is 1.13 bits per heavy atom. The van der Waals surface area contributed by atoms with Gasteiger partial charge >= 0.3 is 0 Å². The van der Waals surface area contributed by atoms with Crippen LogP contribution < -0.4 is 0 Å². The number of hydrogen-bond donors (Lipinski definition) is 1. The molecule has 4 heteroatoms. The van der Waals surface area contributed by atoms with E-state index >= 15 is 0 Å². The van der Waals surface area contributed by atoms with Crippen LogP contribution in [-0.4, -0.2) is 13.2 Å². The maximum atomic E-state index is 13.2. The third-order valence-corrected chi connectivity index (χ3v) is 2.46. The molecule has 1 N–H and O–H groups in total. The van der Waals surface area contributed by atoms with E-state index in [1.54, 1.807) is 0 Å². The van der Waals surface area contributed by atoms with Crippen LogP contribution in [0.5, 0.6) is 5.75 Å². The van der Waals surface area contributed by atoms with Crippen molar-refractivity contribution in [3.05, 3.63) is 29.3 Å². The third kappa shape index (κ3) is 3.37. The molecule has 1 aromatic rings. The van der Waals surface area contributed by atoms with Gasteiger partial charge in [0.2, 0.25) is 0 Å². The van der Waals surface area contributed by atoms with E-state index in [1.807, 2.05) is 19.6 Å². The lowest BCUT2D eigenvalue weighted by atomic mass is 10.2. The highest BCUT2D eigenvalue weighted by atomic mass is 28.3. The van der Waals surface area contributed by atoms with Gasteiger partial charge in [0.1, 0.15) is 25.5 Å². The van der Waals surface area contributed by atoms with Gasteiger partial charge in [0, 0.05) is 12.1 Å². The summed E-state index contributed by atoms with van der Waals surface area (Å²) in [5.41, 5.74) is 2.60. The molecule has 0 spiro atoms. The van der Waals surface area contributed by atoms with Crippen molar-refractivity contribution in [1.29, 1.82) is 0 Å². The molecule has 1 rings (SSSR count). The fourth-order valence-corrected chi connectivity index (χ4v) is 1.43. The molecule has 15 heavy (non-hydrogen) atoms. The standard InChI is InChI=1S/C11H12F2OSi/c1-15(2,3)5-4-9-10(12)6-8(14)7-11(9)13/h6-7,14H,1-3H3. The monoisotopic (exact) mass is 226 g/mol. The van der Waals surface area contributed by atoms with Crippen LogP contribution in [0.3, 0.4) is 0 Å². The second-order valence-electron chi connectivity index (χ2n) is 4.28. The first-order valence-electron chi connectivity index (χ1n) is 4.51. The highest BCUT2D eigenvalue weighted by Crippen LogP contribution is 2.18. The molecule has 0 heterocycles. The minimum Gasteiger partial charge on any atom is -0.508 e. The van der Waals surface area contributed by atoms with Gasteiger partial charge in [0.05, 0.1) is 5.56 Å². The molecule has 0 saturated heterocycles. The van der Waals surface area contributed by atoms with E-state index in [1.165, 1.54) is 0 Å². The zero-order chi connectivity index (χ0) is 11.6. The molecule has 0 aliphatic heterocycles. The fourth-order valence-electron chi connectivity index (χ4n) is 0.929. The van der Waals surface area contributed by atoms with Crippen molar-refractivity contribution in [3.63, 3.8) is 0 Å². The third-order valence-electron chi connectivity index (χ3n) is 1.59. The van der Waals surface area contributed by atoms with E-state index in [4.69, 9.17) is 5.11 Å². The highest BCUT2D eigenvalue weighted by molar-refractivity contribution is 6.83. The molecule has 0 fully saturated rings. The van der Waals surface area contributed by atoms with Crippen molar-refractivity contribution >= 4 is 8.07 Å². The second-order valence-corrected chi connectivity index (χ2v) is 9.03. The normalized spacial score (nSPS) is 10.7. The summed E-state index contributed by atoms with van der Waals surface area (Å²) in [5.74, 6) is 0.430. The first-order chi connectivity index (χ1) is 6.79. The maximum Gasteiger partial charge on any atom is 0.145 e. The van der Waals surface area contributed by atoms with E-state index in [9.17, 15) is 8.78 Å². The van der Waals surface area contributed by atoms with Crippen LogP contribution in [0.15, 0.2) is 12.1 Å². The number of halogens is 2. The van der Waals surface area contributed by atoms with Gasteiger partial charge in [-0.25, -0.2) is 8.78 Å². The van der Waals surface area contributed by atoms with Gasteiger partial charge in [-0.15, -0.1) is 5.54 Å². The smallest absolute Gasteiger partial charge is 0.145 e. The first-order valence-corrected chi connectivity index (χ1v) is 8.01. The van der Waals surface area contributed by atoms with Gasteiger partial charge in [-0.2, -0.15) is 0 Å². The summed E-state index contributed by atoms with van der Waals surface area (Å²) >= 11 is 0. The number of phenolic OH excluding ortho intramolecular Hbond substituents is 1. The molecule has 80 valence electrons. The second kappa shape index (κ2) is 4.03. The number of rotatable bonds is 0. The minimum atomic E-state index is -1.66. The van der Waals surface area contributed by atoms with Crippen LogP contribution in [-0.2, 0) is 0 Å². The summed E-state index contributed by atoms with van der Waals surface area (Å²) in [5, 5.41) is 8.93. The molecule has 0 aliphatic rings. The summed E-state index contributed by atoms with van der Waals surface area (Å²) in [6, 6.07) is 1.72. The lowest BCUT2D eigenvalue weighted by Crippen LogP contribution is -2.16. The van der Waals surface area contributed by atoms with E-state index < -0.39 is 25.5 Å². The van der Waals surface area contributed by atoms with Crippen molar-refractivity contribution in [3.8, 4) is 17.2 Å². The molecule has 0 atom stereocenters. The molecule has 1 aromatic carbocycles. The van der Waals surface area contributed by atoms with Gasteiger partial charge in [0.15, 0.2) is 0 Å². The number of phenols is 1. The van der Waals surface area contributed by atoms with Gasteiger partial charge in [0.25, 0.3) is 0 Å². The summed E-state index contributed by atoms with van der Waals surface area (Å²) in [6.07, 6.45) is 0. The van der Waals surface area contributed by atoms with Crippen LogP contribution in [0.1, 0.15) is 5.56 Å². The van der Waals surface area contributed by atoms with Crippen LogP contribution in [0.25, 0.3) is 0 Å². The maximum absolute atomic E-state index is 13.2. The molecule has 0 bridgehead atoms. The van der Waals surface area contributed by atoms with E-state index in [2.05, 4.69) is 11.5 Å². The average molecular weight is 226 g/mol. The number of benzene rings is 1. The first kappa shape index (κ1) is 11.7. The molecule has 0 aliphatic carbocycles. The zero-order valence-corrected chi connectivity index (χ0v) is 9.86. The Labute approximate surface area is 88.8 Å². The molecular formula is C11H12F2OSi. The molecule has 0 amide bonds. The predicted octanol–water partition coefficient (Wildman–Crippen LogP) is 2.90. The van der Waals surface area contributed by atoms with Gasteiger partial charge in [-0.05, 0) is 0 Å². The highest BCUT2D eigenvalue weighted by Gasteiger charge is 2.11. The van der Waals surface area contributed by atoms with Crippen LogP contribution in [0.2, 0.25) is 19.6 Å². The lowest BCUT2D eigenvalue weighted by Gasteiger charge is -2.04. The molecule has 1 nitrogen and oxygen atoms in total. The minimum absolute atomic E-state index is 0.268. The molecule has 0 aromatic heterocycles. The van der Waals surface area contributed by atoms with Gasteiger partial charge < -0.3 is 5.11 Å². The van der Waals surface area contributed by atoms with Crippen LogP contribution in [0.4, 0.5) is 8.78 Å². The quantitative estimate of drug-likeness (QED) is 0.532. The van der Waals surface area contributed by atoms with Crippen molar-refractivity contribution in [2.75, 3.05) is 0 Å². The Hall–Kier alpha value is -1.34. The summed E-state index contributed by atoms with van der Waals surface area (Å²) < 4.78 is 26.4. The van der Waals surface area contributed by atoms with E-state index in [0.29, 0.717) is 0 Å². The van der Waals surface area contributed by atoms with Crippen molar-refractivity contribution < 1.29 is 13.9 Å². The largest absolute Gasteiger partial charge is 0.508 e. The molecule has 0 saturated carbocycles. The topological polar surface area (TPSA) is 20.2 Å². The lowest BCUT2D eigenvalue weighted by molar-refractivity contribution is 0.459. The average Bonchev–Trinajstić information content (AvgIpc) is 1.99. The Bertz CT molecular complexity index is 415. The molecule has 0 radical (unpaired) electrons. The van der Waals surface area contributed by atoms with Crippen molar-refractivity contribution in [2.24, 2.45) is 0 Å². The Morgan fingerprint density at radius 2 is 1.60 bits per heavy atom. The summed E-state index contributed by atoms with van der Waals surface area (Å²) in [6.45, 7) is 5.95. The Morgan fingerprint density at radius 3 is 2.00 bits per heavy atom.